The average Bonchev–Trinajstić information content (AvgIpc) is 2.52. The van der Waals surface area contributed by atoms with Gasteiger partial charge in [-0.1, -0.05) is 28.1 Å². The van der Waals surface area contributed by atoms with Gasteiger partial charge in [0.15, 0.2) is 0 Å². The van der Waals surface area contributed by atoms with E-state index in [1.54, 1.807) is 24.3 Å². The lowest BCUT2D eigenvalue weighted by molar-refractivity contribution is 0.310. The standard InChI is InChI=1S/C17H15BrO3/c18-9-3-4-10-20-12-7-8-14-16(11-12)21-15-6-2-1-5-13(15)17(14)19/h1-2,5-8,11H,3-4,9-10H2. The second-order valence-corrected chi connectivity index (χ2v) is 5.62. The van der Waals surface area contributed by atoms with Crippen LogP contribution in [0.2, 0.25) is 0 Å². The molecule has 4 heteroatoms. The highest BCUT2D eigenvalue weighted by atomic mass is 79.9. The van der Waals surface area contributed by atoms with E-state index >= 15 is 0 Å². The average molecular weight is 347 g/mol. The van der Waals surface area contributed by atoms with Crippen LogP contribution in [-0.4, -0.2) is 11.9 Å². The van der Waals surface area contributed by atoms with Crippen LogP contribution in [0, 0.1) is 0 Å². The number of para-hydroxylation sites is 1. The molecular formula is C17H15BrO3. The molecule has 0 aliphatic heterocycles. The van der Waals surface area contributed by atoms with Gasteiger partial charge in [-0.25, -0.2) is 0 Å². The van der Waals surface area contributed by atoms with Gasteiger partial charge in [-0.15, -0.1) is 0 Å². The quantitative estimate of drug-likeness (QED) is 0.388. The molecule has 3 rings (SSSR count). The fourth-order valence-electron chi connectivity index (χ4n) is 2.26. The molecule has 0 bridgehead atoms. The van der Waals surface area contributed by atoms with E-state index in [2.05, 4.69) is 15.9 Å². The zero-order valence-electron chi connectivity index (χ0n) is 11.5. The number of benzene rings is 2. The van der Waals surface area contributed by atoms with Crippen LogP contribution in [0.15, 0.2) is 51.7 Å². The highest BCUT2D eigenvalue weighted by molar-refractivity contribution is 9.09. The third-order valence-electron chi connectivity index (χ3n) is 3.35. The molecule has 2 aromatic carbocycles. The zero-order chi connectivity index (χ0) is 14.7. The summed E-state index contributed by atoms with van der Waals surface area (Å²) in [6.07, 6.45) is 2.07. The van der Waals surface area contributed by atoms with E-state index in [-0.39, 0.29) is 5.43 Å². The Kier molecular flexibility index (Phi) is 4.25. The number of alkyl halides is 1. The number of hydrogen-bond acceptors (Lipinski definition) is 3. The van der Waals surface area contributed by atoms with Crippen LogP contribution in [-0.2, 0) is 0 Å². The molecule has 0 aliphatic rings. The summed E-state index contributed by atoms with van der Waals surface area (Å²) in [4.78, 5) is 12.4. The molecule has 21 heavy (non-hydrogen) atoms. The smallest absolute Gasteiger partial charge is 0.200 e. The maximum Gasteiger partial charge on any atom is 0.200 e. The summed E-state index contributed by atoms with van der Waals surface area (Å²) in [6.45, 7) is 0.662. The fourth-order valence-corrected chi connectivity index (χ4v) is 2.65. The van der Waals surface area contributed by atoms with Gasteiger partial charge in [0.25, 0.3) is 0 Å². The van der Waals surface area contributed by atoms with Crippen molar-refractivity contribution in [1.29, 1.82) is 0 Å². The van der Waals surface area contributed by atoms with Crippen molar-refractivity contribution in [3.63, 3.8) is 0 Å². The molecule has 3 aromatic rings. The number of fused-ring (bicyclic) bond motifs is 2. The number of ether oxygens (including phenoxy) is 1. The van der Waals surface area contributed by atoms with Crippen molar-refractivity contribution >= 4 is 37.9 Å². The second kappa shape index (κ2) is 6.31. The third kappa shape index (κ3) is 2.95. The lowest BCUT2D eigenvalue weighted by Crippen LogP contribution is -2.02. The van der Waals surface area contributed by atoms with Crippen LogP contribution in [0.5, 0.6) is 5.75 Å². The SMILES string of the molecule is O=c1c2ccccc2oc2cc(OCCCCBr)ccc12. The van der Waals surface area contributed by atoms with Crippen molar-refractivity contribution in [2.45, 2.75) is 12.8 Å². The van der Waals surface area contributed by atoms with E-state index in [1.807, 2.05) is 18.2 Å². The molecule has 0 fully saturated rings. The molecule has 0 aliphatic carbocycles. The van der Waals surface area contributed by atoms with Crippen molar-refractivity contribution in [1.82, 2.24) is 0 Å². The number of unbranched alkanes of at least 4 members (excludes halogenated alkanes) is 1. The van der Waals surface area contributed by atoms with Crippen LogP contribution in [0.1, 0.15) is 12.8 Å². The number of hydrogen-bond donors (Lipinski definition) is 0. The first kappa shape index (κ1) is 14.1. The maximum atomic E-state index is 12.4. The first-order valence-electron chi connectivity index (χ1n) is 6.94. The first-order valence-corrected chi connectivity index (χ1v) is 8.06. The molecule has 108 valence electrons. The van der Waals surface area contributed by atoms with Gasteiger partial charge in [-0.3, -0.25) is 4.79 Å². The van der Waals surface area contributed by atoms with Gasteiger partial charge in [-0.2, -0.15) is 0 Å². The summed E-state index contributed by atoms with van der Waals surface area (Å²) in [5.74, 6) is 0.732. The molecule has 3 nitrogen and oxygen atoms in total. The van der Waals surface area contributed by atoms with Gasteiger partial charge >= 0.3 is 0 Å². The summed E-state index contributed by atoms with van der Waals surface area (Å²) >= 11 is 3.39. The van der Waals surface area contributed by atoms with E-state index in [9.17, 15) is 4.79 Å². The minimum absolute atomic E-state index is 0.00214. The van der Waals surface area contributed by atoms with Crippen molar-refractivity contribution < 1.29 is 9.15 Å². The summed E-state index contributed by atoms with van der Waals surface area (Å²) in [5.41, 5.74) is 1.17. The molecule has 0 N–H and O–H groups in total. The predicted molar refractivity (Wildman–Crippen MR) is 88.5 cm³/mol. The third-order valence-corrected chi connectivity index (χ3v) is 3.91. The van der Waals surface area contributed by atoms with Gasteiger partial charge in [0.05, 0.1) is 17.4 Å². The molecule has 0 unspecified atom stereocenters. The van der Waals surface area contributed by atoms with Crippen LogP contribution >= 0.6 is 15.9 Å². The monoisotopic (exact) mass is 346 g/mol. The first-order chi connectivity index (χ1) is 10.3. The van der Waals surface area contributed by atoms with Crippen molar-refractivity contribution in [2.24, 2.45) is 0 Å². The molecule has 1 heterocycles. The van der Waals surface area contributed by atoms with E-state index in [1.165, 1.54) is 0 Å². The van der Waals surface area contributed by atoms with Crippen LogP contribution in [0.3, 0.4) is 0 Å². The molecule has 0 spiro atoms. The Hall–Kier alpha value is -1.81. The van der Waals surface area contributed by atoms with Gasteiger partial charge < -0.3 is 9.15 Å². The highest BCUT2D eigenvalue weighted by Gasteiger charge is 2.08. The Morgan fingerprint density at radius 2 is 1.81 bits per heavy atom. The van der Waals surface area contributed by atoms with Crippen LogP contribution in [0.25, 0.3) is 21.9 Å². The number of halogens is 1. The topological polar surface area (TPSA) is 39.4 Å². The maximum absolute atomic E-state index is 12.4. The van der Waals surface area contributed by atoms with Gasteiger partial charge in [0.1, 0.15) is 16.9 Å². The summed E-state index contributed by atoms with van der Waals surface area (Å²) in [5, 5.41) is 2.17. The molecule has 0 saturated heterocycles. The van der Waals surface area contributed by atoms with Crippen molar-refractivity contribution in [2.75, 3.05) is 11.9 Å². The minimum atomic E-state index is -0.00214. The molecule has 0 amide bonds. The second-order valence-electron chi connectivity index (χ2n) is 4.83. The summed E-state index contributed by atoms with van der Waals surface area (Å²) in [7, 11) is 0. The zero-order valence-corrected chi connectivity index (χ0v) is 13.1. The molecular weight excluding hydrogens is 332 g/mol. The highest BCUT2D eigenvalue weighted by Crippen LogP contribution is 2.22. The van der Waals surface area contributed by atoms with Crippen LogP contribution in [0.4, 0.5) is 0 Å². The Bertz CT molecular complexity index is 823. The largest absolute Gasteiger partial charge is 0.493 e. The Balaban J connectivity index is 1.97. The molecule has 1 aromatic heterocycles. The summed E-state index contributed by atoms with van der Waals surface area (Å²) < 4.78 is 11.5. The summed E-state index contributed by atoms with van der Waals surface area (Å²) in [6, 6.07) is 12.7. The Morgan fingerprint density at radius 1 is 1.00 bits per heavy atom. The Labute approximate surface area is 130 Å². The lowest BCUT2D eigenvalue weighted by Gasteiger charge is -2.07. The molecule has 0 saturated carbocycles. The molecule has 0 atom stereocenters. The van der Waals surface area contributed by atoms with Crippen LogP contribution < -0.4 is 10.2 Å². The van der Waals surface area contributed by atoms with E-state index in [0.717, 1.165) is 23.9 Å². The Morgan fingerprint density at radius 3 is 2.67 bits per heavy atom. The van der Waals surface area contributed by atoms with Crippen molar-refractivity contribution in [3.8, 4) is 5.75 Å². The van der Waals surface area contributed by atoms with E-state index in [0.29, 0.717) is 28.5 Å². The molecule has 0 radical (unpaired) electrons. The van der Waals surface area contributed by atoms with Gasteiger partial charge in [0, 0.05) is 11.4 Å². The van der Waals surface area contributed by atoms with Gasteiger partial charge in [-0.05, 0) is 37.1 Å². The van der Waals surface area contributed by atoms with E-state index < -0.39 is 0 Å². The normalized spacial score (nSPS) is 11.1. The number of rotatable bonds is 5. The van der Waals surface area contributed by atoms with Gasteiger partial charge in [0.2, 0.25) is 5.43 Å². The lowest BCUT2D eigenvalue weighted by atomic mass is 10.1. The minimum Gasteiger partial charge on any atom is -0.493 e. The predicted octanol–water partition coefficient (Wildman–Crippen LogP) is 4.50. The fraction of sp³-hybridized carbons (Fsp3) is 0.235. The van der Waals surface area contributed by atoms with Crippen molar-refractivity contribution in [3.05, 3.63) is 52.7 Å². The van der Waals surface area contributed by atoms with E-state index in [4.69, 9.17) is 9.15 Å².